The summed E-state index contributed by atoms with van der Waals surface area (Å²) in [5, 5.41) is 0. The van der Waals surface area contributed by atoms with E-state index in [-0.39, 0.29) is 18.5 Å². The maximum absolute atomic E-state index is 11.3. The van der Waals surface area contributed by atoms with Gasteiger partial charge in [-0.25, -0.2) is 0 Å². The van der Waals surface area contributed by atoms with E-state index in [1.807, 2.05) is 0 Å². The minimum Gasteiger partial charge on any atom is -0.368 e. The van der Waals surface area contributed by atoms with Gasteiger partial charge in [-0.2, -0.15) is 0 Å². The molecule has 1 heterocycles. The van der Waals surface area contributed by atoms with Gasteiger partial charge in [0.25, 0.3) is 0 Å². The molecule has 0 aromatic carbocycles. The molecular weight excluding hydrogens is 168 g/mol. The molecule has 13 heavy (non-hydrogen) atoms. The van der Waals surface area contributed by atoms with Gasteiger partial charge in [-0.05, 0) is 12.8 Å². The van der Waals surface area contributed by atoms with Crippen molar-refractivity contribution in [2.24, 2.45) is 5.73 Å². The Hall–Kier alpha value is -1.06. The van der Waals surface area contributed by atoms with Crippen LogP contribution in [0.2, 0.25) is 0 Å². The predicted octanol–water partition coefficient (Wildman–Crippen LogP) is 0.263. The van der Waals surface area contributed by atoms with Crippen LogP contribution in [0.3, 0.4) is 0 Å². The standard InChI is InChI=1S/C9H16N2O2/c1-2-3-7-4-5-9(13)11(7)6-8(10)12/h7H,2-6H2,1H3,(H2,10,12). The first-order chi connectivity index (χ1) is 6.15. The topological polar surface area (TPSA) is 63.4 Å². The van der Waals surface area contributed by atoms with Gasteiger partial charge < -0.3 is 10.6 Å². The highest BCUT2D eigenvalue weighted by molar-refractivity contribution is 5.85. The van der Waals surface area contributed by atoms with E-state index in [1.54, 1.807) is 4.90 Å². The third kappa shape index (κ3) is 2.44. The van der Waals surface area contributed by atoms with E-state index in [4.69, 9.17) is 5.73 Å². The number of primary amides is 1. The first-order valence-electron chi connectivity index (χ1n) is 4.73. The summed E-state index contributed by atoms with van der Waals surface area (Å²) in [5.74, 6) is -0.353. The zero-order chi connectivity index (χ0) is 9.84. The Balaban J connectivity index is 2.54. The summed E-state index contributed by atoms with van der Waals surface area (Å²) in [6.07, 6.45) is 3.45. The largest absolute Gasteiger partial charge is 0.368 e. The van der Waals surface area contributed by atoms with Gasteiger partial charge in [-0.1, -0.05) is 13.3 Å². The maximum Gasteiger partial charge on any atom is 0.237 e. The van der Waals surface area contributed by atoms with Crippen LogP contribution in [-0.2, 0) is 9.59 Å². The number of rotatable bonds is 4. The van der Waals surface area contributed by atoms with Crippen molar-refractivity contribution in [1.82, 2.24) is 4.90 Å². The number of nitrogens with zero attached hydrogens (tertiary/aromatic N) is 1. The van der Waals surface area contributed by atoms with Crippen molar-refractivity contribution in [2.75, 3.05) is 6.54 Å². The first kappa shape index (κ1) is 10.0. The highest BCUT2D eigenvalue weighted by Gasteiger charge is 2.30. The van der Waals surface area contributed by atoms with Gasteiger partial charge >= 0.3 is 0 Å². The van der Waals surface area contributed by atoms with Gasteiger partial charge in [0.2, 0.25) is 11.8 Å². The number of amides is 2. The number of hydrogen-bond donors (Lipinski definition) is 1. The van der Waals surface area contributed by atoms with Gasteiger partial charge in [-0.3, -0.25) is 9.59 Å². The molecule has 2 amide bonds. The first-order valence-corrected chi connectivity index (χ1v) is 4.73. The molecule has 4 nitrogen and oxygen atoms in total. The van der Waals surface area contributed by atoms with Crippen molar-refractivity contribution in [3.8, 4) is 0 Å². The number of carbonyl (C=O) groups excluding carboxylic acids is 2. The molecule has 0 aromatic rings. The lowest BCUT2D eigenvalue weighted by atomic mass is 10.1. The monoisotopic (exact) mass is 184 g/mol. The number of nitrogens with two attached hydrogens (primary N) is 1. The number of carbonyl (C=O) groups is 2. The second-order valence-electron chi connectivity index (χ2n) is 3.47. The molecule has 0 spiro atoms. The lowest BCUT2D eigenvalue weighted by Gasteiger charge is -2.22. The highest BCUT2D eigenvalue weighted by atomic mass is 16.2. The second-order valence-corrected chi connectivity index (χ2v) is 3.47. The Morgan fingerprint density at radius 1 is 1.69 bits per heavy atom. The average Bonchev–Trinajstić information content (AvgIpc) is 2.36. The summed E-state index contributed by atoms with van der Waals surface area (Å²) in [4.78, 5) is 23.6. The van der Waals surface area contributed by atoms with Gasteiger partial charge in [0, 0.05) is 12.5 Å². The van der Waals surface area contributed by atoms with Crippen LogP contribution in [0.15, 0.2) is 0 Å². The van der Waals surface area contributed by atoms with E-state index in [0.717, 1.165) is 19.3 Å². The molecule has 1 unspecified atom stereocenters. The lowest BCUT2D eigenvalue weighted by Crippen LogP contribution is -2.39. The maximum atomic E-state index is 11.3. The smallest absolute Gasteiger partial charge is 0.237 e. The van der Waals surface area contributed by atoms with E-state index < -0.39 is 5.91 Å². The summed E-state index contributed by atoms with van der Waals surface area (Å²) < 4.78 is 0. The van der Waals surface area contributed by atoms with Gasteiger partial charge in [0.15, 0.2) is 0 Å². The highest BCUT2D eigenvalue weighted by Crippen LogP contribution is 2.21. The fourth-order valence-electron chi connectivity index (χ4n) is 1.81. The number of likely N-dealkylation sites (tertiary alicyclic amines) is 1. The quantitative estimate of drug-likeness (QED) is 0.681. The second kappa shape index (κ2) is 4.25. The predicted molar refractivity (Wildman–Crippen MR) is 48.8 cm³/mol. The minimum absolute atomic E-state index is 0.0669. The average molecular weight is 184 g/mol. The Morgan fingerprint density at radius 2 is 2.38 bits per heavy atom. The molecule has 0 saturated carbocycles. The van der Waals surface area contributed by atoms with Crippen LogP contribution in [0, 0.1) is 0 Å². The molecule has 0 radical (unpaired) electrons. The zero-order valence-corrected chi connectivity index (χ0v) is 7.95. The molecule has 74 valence electrons. The molecule has 1 saturated heterocycles. The van der Waals surface area contributed by atoms with Gasteiger partial charge in [0.05, 0.1) is 6.54 Å². The Kier molecular flexibility index (Phi) is 3.28. The van der Waals surface area contributed by atoms with E-state index in [2.05, 4.69) is 6.92 Å². The minimum atomic E-state index is -0.420. The molecule has 0 aliphatic carbocycles. The van der Waals surface area contributed by atoms with E-state index >= 15 is 0 Å². The summed E-state index contributed by atoms with van der Waals surface area (Å²) in [6, 6.07) is 0.241. The van der Waals surface area contributed by atoms with Crippen LogP contribution in [0.5, 0.6) is 0 Å². The lowest BCUT2D eigenvalue weighted by molar-refractivity contribution is -0.133. The van der Waals surface area contributed by atoms with Crippen LogP contribution in [0.25, 0.3) is 0 Å². The third-order valence-electron chi connectivity index (χ3n) is 2.40. The van der Waals surface area contributed by atoms with E-state index in [9.17, 15) is 9.59 Å². The van der Waals surface area contributed by atoms with Crippen molar-refractivity contribution in [3.63, 3.8) is 0 Å². The van der Waals surface area contributed by atoms with Crippen molar-refractivity contribution < 1.29 is 9.59 Å². The Labute approximate surface area is 78.1 Å². The third-order valence-corrected chi connectivity index (χ3v) is 2.40. The fourth-order valence-corrected chi connectivity index (χ4v) is 1.81. The Morgan fingerprint density at radius 3 is 2.92 bits per heavy atom. The van der Waals surface area contributed by atoms with Gasteiger partial charge in [0.1, 0.15) is 0 Å². The normalized spacial score (nSPS) is 22.4. The number of hydrogen-bond acceptors (Lipinski definition) is 2. The van der Waals surface area contributed by atoms with Crippen molar-refractivity contribution in [3.05, 3.63) is 0 Å². The fraction of sp³-hybridized carbons (Fsp3) is 0.778. The summed E-state index contributed by atoms with van der Waals surface area (Å²) in [5.41, 5.74) is 5.06. The summed E-state index contributed by atoms with van der Waals surface area (Å²) in [7, 11) is 0. The zero-order valence-electron chi connectivity index (χ0n) is 7.95. The van der Waals surface area contributed by atoms with Crippen LogP contribution < -0.4 is 5.73 Å². The van der Waals surface area contributed by atoms with Crippen LogP contribution >= 0.6 is 0 Å². The molecule has 1 rings (SSSR count). The summed E-state index contributed by atoms with van der Waals surface area (Å²) >= 11 is 0. The van der Waals surface area contributed by atoms with Gasteiger partial charge in [-0.15, -0.1) is 0 Å². The van der Waals surface area contributed by atoms with E-state index in [1.165, 1.54) is 0 Å². The molecule has 2 N–H and O–H groups in total. The molecule has 4 heteroatoms. The molecular formula is C9H16N2O2. The molecule has 1 fully saturated rings. The molecule has 0 bridgehead atoms. The Bertz CT molecular complexity index is 216. The van der Waals surface area contributed by atoms with Crippen molar-refractivity contribution in [1.29, 1.82) is 0 Å². The van der Waals surface area contributed by atoms with Crippen LogP contribution in [-0.4, -0.2) is 29.3 Å². The molecule has 1 atom stereocenters. The van der Waals surface area contributed by atoms with Crippen molar-refractivity contribution in [2.45, 2.75) is 38.6 Å². The molecule has 1 aliphatic heterocycles. The van der Waals surface area contributed by atoms with Crippen LogP contribution in [0.4, 0.5) is 0 Å². The molecule has 0 aromatic heterocycles. The van der Waals surface area contributed by atoms with Crippen molar-refractivity contribution >= 4 is 11.8 Å². The SMILES string of the molecule is CCCC1CCC(=O)N1CC(N)=O. The van der Waals surface area contributed by atoms with E-state index in [0.29, 0.717) is 6.42 Å². The molecule has 1 aliphatic rings. The summed E-state index contributed by atoms with van der Waals surface area (Å²) in [6.45, 7) is 2.16. The van der Waals surface area contributed by atoms with Crippen LogP contribution in [0.1, 0.15) is 32.6 Å².